The van der Waals surface area contributed by atoms with Crippen LogP contribution < -0.4 is 5.73 Å². The number of aromatic nitrogens is 1. The van der Waals surface area contributed by atoms with E-state index in [0.29, 0.717) is 17.2 Å². The fourth-order valence-corrected chi connectivity index (χ4v) is 2.63. The van der Waals surface area contributed by atoms with Crippen LogP contribution in [-0.4, -0.2) is 22.9 Å². The number of nitrogen functional groups attached to an aromatic ring is 1. The first-order chi connectivity index (χ1) is 6.75. The molecule has 0 spiro atoms. The summed E-state index contributed by atoms with van der Waals surface area (Å²) in [4.78, 5) is 4.26. The van der Waals surface area contributed by atoms with Gasteiger partial charge in [0, 0.05) is 11.9 Å². The number of thioether (sulfide) groups is 1. The predicted octanol–water partition coefficient (Wildman–Crippen LogP) is 1.93. The predicted molar refractivity (Wildman–Crippen MR) is 58.3 cm³/mol. The highest BCUT2D eigenvalue weighted by molar-refractivity contribution is 7.99. The van der Waals surface area contributed by atoms with Crippen LogP contribution in [0.25, 0.3) is 0 Å². The molecule has 0 radical (unpaired) electrons. The third-order valence-electron chi connectivity index (χ3n) is 2.32. The van der Waals surface area contributed by atoms with Crippen LogP contribution in [0.2, 0.25) is 0 Å². The zero-order valence-electron chi connectivity index (χ0n) is 8.14. The van der Waals surface area contributed by atoms with E-state index >= 15 is 0 Å². The summed E-state index contributed by atoms with van der Waals surface area (Å²) >= 11 is 1.76. The Hall–Kier alpha value is -0.740. The van der Waals surface area contributed by atoms with Gasteiger partial charge in [0.05, 0.1) is 11.1 Å². The third-order valence-corrected chi connectivity index (χ3v) is 3.71. The minimum Gasteiger partial charge on any atom is -0.384 e. The van der Waals surface area contributed by atoms with Crippen LogP contribution >= 0.6 is 11.8 Å². The fourth-order valence-electron chi connectivity index (χ4n) is 1.52. The number of ether oxygens (including phenoxy) is 1. The van der Waals surface area contributed by atoms with Gasteiger partial charge in [0.25, 0.3) is 0 Å². The molecule has 14 heavy (non-hydrogen) atoms. The molecule has 0 amide bonds. The summed E-state index contributed by atoms with van der Waals surface area (Å²) in [7, 11) is 0. The van der Waals surface area contributed by atoms with Gasteiger partial charge in [-0.15, -0.1) is 11.8 Å². The Morgan fingerprint density at radius 3 is 3.07 bits per heavy atom. The average Bonchev–Trinajstić information content (AvgIpc) is 2.52. The molecule has 0 saturated carbocycles. The molecular weight excluding hydrogens is 196 g/mol. The summed E-state index contributed by atoms with van der Waals surface area (Å²) in [5, 5.41) is 1.51. The smallest absolute Gasteiger partial charge is 0.124 e. The Bertz CT molecular complexity index is 319. The first kappa shape index (κ1) is 9.80. The van der Waals surface area contributed by atoms with E-state index in [2.05, 4.69) is 11.9 Å². The highest BCUT2D eigenvalue weighted by Gasteiger charge is 2.25. The second-order valence-electron chi connectivity index (χ2n) is 3.42. The first-order valence-corrected chi connectivity index (χ1v) is 5.64. The van der Waals surface area contributed by atoms with Gasteiger partial charge in [-0.1, -0.05) is 6.07 Å². The second kappa shape index (κ2) is 4.19. The molecule has 1 aliphatic rings. The highest BCUT2D eigenvalue weighted by atomic mass is 32.2. The number of anilines is 1. The van der Waals surface area contributed by atoms with Gasteiger partial charge >= 0.3 is 0 Å². The van der Waals surface area contributed by atoms with Crippen molar-refractivity contribution in [3.05, 3.63) is 18.2 Å². The molecule has 4 heteroatoms. The molecule has 0 bridgehead atoms. The maximum Gasteiger partial charge on any atom is 0.124 e. The lowest BCUT2D eigenvalue weighted by Gasteiger charge is -2.12. The number of hydrogen-bond acceptors (Lipinski definition) is 4. The molecule has 3 nitrogen and oxygen atoms in total. The molecule has 1 fully saturated rings. The minimum absolute atomic E-state index is 0.322. The molecule has 1 saturated heterocycles. The maximum absolute atomic E-state index is 5.61. The summed E-state index contributed by atoms with van der Waals surface area (Å²) in [6.45, 7) is 2.97. The summed E-state index contributed by atoms with van der Waals surface area (Å²) in [6.07, 6.45) is 1.42. The van der Waals surface area contributed by atoms with Crippen molar-refractivity contribution < 1.29 is 4.74 Å². The van der Waals surface area contributed by atoms with Crippen LogP contribution in [0.4, 0.5) is 5.82 Å². The molecule has 1 aromatic rings. The van der Waals surface area contributed by atoms with E-state index in [4.69, 9.17) is 10.5 Å². The van der Waals surface area contributed by atoms with E-state index in [-0.39, 0.29) is 0 Å². The van der Waals surface area contributed by atoms with Gasteiger partial charge in [0.15, 0.2) is 0 Å². The van der Waals surface area contributed by atoms with Gasteiger partial charge in [-0.2, -0.15) is 0 Å². The van der Waals surface area contributed by atoms with Crippen LogP contribution in [0.1, 0.15) is 13.3 Å². The molecule has 2 atom stereocenters. The van der Waals surface area contributed by atoms with Crippen LogP contribution in [0.5, 0.6) is 0 Å². The Morgan fingerprint density at radius 1 is 1.57 bits per heavy atom. The number of nitrogens with two attached hydrogens (primary N) is 1. The number of nitrogens with zero attached hydrogens (tertiary/aromatic N) is 1. The molecule has 1 aliphatic heterocycles. The largest absolute Gasteiger partial charge is 0.384 e. The van der Waals surface area contributed by atoms with Crippen molar-refractivity contribution >= 4 is 17.6 Å². The van der Waals surface area contributed by atoms with E-state index in [1.807, 2.05) is 12.1 Å². The highest BCUT2D eigenvalue weighted by Crippen LogP contribution is 2.31. The van der Waals surface area contributed by atoms with Crippen molar-refractivity contribution in [2.45, 2.75) is 29.7 Å². The van der Waals surface area contributed by atoms with E-state index in [9.17, 15) is 0 Å². The van der Waals surface area contributed by atoms with Gasteiger partial charge in [-0.25, -0.2) is 4.98 Å². The second-order valence-corrected chi connectivity index (χ2v) is 4.68. The van der Waals surface area contributed by atoms with Crippen molar-refractivity contribution in [3.63, 3.8) is 0 Å². The SMILES string of the molecule is CC1OCCC1Sc1cccc(N)n1. The normalized spacial score (nSPS) is 26.6. The average molecular weight is 210 g/mol. The number of rotatable bonds is 2. The van der Waals surface area contributed by atoms with Gasteiger partial charge < -0.3 is 10.5 Å². The van der Waals surface area contributed by atoms with Crippen molar-refractivity contribution in [1.29, 1.82) is 0 Å². The zero-order valence-corrected chi connectivity index (χ0v) is 8.96. The lowest BCUT2D eigenvalue weighted by molar-refractivity contribution is 0.127. The Morgan fingerprint density at radius 2 is 2.43 bits per heavy atom. The van der Waals surface area contributed by atoms with Crippen molar-refractivity contribution in [1.82, 2.24) is 4.98 Å². The van der Waals surface area contributed by atoms with Crippen LogP contribution in [0.3, 0.4) is 0 Å². The van der Waals surface area contributed by atoms with Crippen LogP contribution in [0.15, 0.2) is 23.2 Å². The lowest BCUT2D eigenvalue weighted by Crippen LogP contribution is -2.13. The number of pyridine rings is 1. The van der Waals surface area contributed by atoms with E-state index < -0.39 is 0 Å². The summed E-state index contributed by atoms with van der Waals surface area (Å²) in [5.41, 5.74) is 5.61. The molecule has 0 aromatic carbocycles. The fraction of sp³-hybridized carbons (Fsp3) is 0.500. The van der Waals surface area contributed by atoms with Gasteiger partial charge in [-0.05, 0) is 25.5 Å². The topological polar surface area (TPSA) is 48.1 Å². The van der Waals surface area contributed by atoms with Gasteiger partial charge in [0.2, 0.25) is 0 Å². The zero-order chi connectivity index (χ0) is 9.97. The molecule has 1 aromatic heterocycles. The van der Waals surface area contributed by atoms with Gasteiger partial charge in [-0.3, -0.25) is 0 Å². The molecular formula is C10H14N2OS. The molecule has 2 unspecified atom stereocenters. The monoisotopic (exact) mass is 210 g/mol. The van der Waals surface area contributed by atoms with Crippen LogP contribution in [-0.2, 0) is 4.74 Å². The van der Waals surface area contributed by atoms with Crippen molar-refractivity contribution in [3.8, 4) is 0 Å². The first-order valence-electron chi connectivity index (χ1n) is 4.76. The minimum atomic E-state index is 0.322. The third kappa shape index (κ3) is 2.19. The quantitative estimate of drug-likeness (QED) is 0.810. The standard InChI is InChI=1S/C10H14N2OS/c1-7-8(5-6-13-7)14-10-4-2-3-9(11)12-10/h2-4,7-8H,5-6H2,1H3,(H2,11,12). The Kier molecular flexibility index (Phi) is 2.93. The Balaban J connectivity index is 2.03. The Labute approximate surface area is 88.0 Å². The molecule has 76 valence electrons. The number of hydrogen-bond donors (Lipinski definition) is 1. The summed E-state index contributed by atoms with van der Waals surface area (Å²) in [6, 6.07) is 5.73. The molecule has 0 aliphatic carbocycles. The summed E-state index contributed by atoms with van der Waals surface area (Å²) < 4.78 is 5.49. The van der Waals surface area contributed by atoms with Gasteiger partial charge in [0.1, 0.15) is 5.82 Å². The van der Waals surface area contributed by atoms with E-state index in [1.165, 1.54) is 0 Å². The molecule has 2 N–H and O–H groups in total. The maximum atomic E-state index is 5.61. The van der Waals surface area contributed by atoms with E-state index in [0.717, 1.165) is 18.1 Å². The van der Waals surface area contributed by atoms with Crippen molar-refractivity contribution in [2.24, 2.45) is 0 Å². The molecule has 2 rings (SSSR count). The van der Waals surface area contributed by atoms with Crippen molar-refractivity contribution in [2.75, 3.05) is 12.3 Å². The lowest BCUT2D eigenvalue weighted by atomic mass is 10.3. The van der Waals surface area contributed by atoms with Crippen LogP contribution in [0, 0.1) is 0 Å². The van der Waals surface area contributed by atoms with E-state index in [1.54, 1.807) is 17.8 Å². The summed E-state index contributed by atoms with van der Waals surface area (Å²) in [5.74, 6) is 0.585. The molecule has 2 heterocycles.